The molecule has 2 aromatic carbocycles. The Balaban J connectivity index is 1.49. The first kappa shape index (κ1) is 21.7. The Bertz CT molecular complexity index is 1070. The SMILES string of the molecule is CCCOc1ccc(C2=C(N3CCc4ccccc4C3)C(=O)N(CC3CCCO3)C2=O)cc1. The Morgan fingerprint density at radius 3 is 2.55 bits per heavy atom. The van der Waals surface area contributed by atoms with E-state index in [9.17, 15) is 9.59 Å². The molecule has 3 heterocycles. The van der Waals surface area contributed by atoms with Gasteiger partial charge in [0.15, 0.2) is 0 Å². The number of rotatable bonds is 7. The lowest BCUT2D eigenvalue weighted by Gasteiger charge is -2.31. The van der Waals surface area contributed by atoms with Crippen molar-refractivity contribution in [1.29, 1.82) is 0 Å². The zero-order valence-corrected chi connectivity index (χ0v) is 19.1. The number of amides is 2. The Hall–Kier alpha value is -3.12. The molecule has 0 bridgehead atoms. The molecule has 1 saturated heterocycles. The lowest BCUT2D eigenvalue weighted by Crippen LogP contribution is -2.40. The summed E-state index contributed by atoms with van der Waals surface area (Å²) in [4.78, 5) is 30.7. The van der Waals surface area contributed by atoms with Gasteiger partial charge in [-0.2, -0.15) is 0 Å². The molecule has 1 atom stereocenters. The Morgan fingerprint density at radius 2 is 1.82 bits per heavy atom. The second-order valence-electron chi connectivity index (χ2n) is 8.89. The molecule has 1 fully saturated rings. The van der Waals surface area contributed by atoms with Crippen molar-refractivity contribution in [2.45, 2.75) is 45.3 Å². The van der Waals surface area contributed by atoms with E-state index in [-0.39, 0.29) is 17.9 Å². The second kappa shape index (κ2) is 9.40. The molecule has 0 saturated carbocycles. The van der Waals surface area contributed by atoms with Crippen molar-refractivity contribution in [2.75, 3.05) is 26.3 Å². The minimum absolute atomic E-state index is 0.0783. The van der Waals surface area contributed by atoms with Crippen molar-refractivity contribution in [2.24, 2.45) is 0 Å². The van der Waals surface area contributed by atoms with Gasteiger partial charge in [-0.05, 0) is 54.5 Å². The molecule has 0 radical (unpaired) electrons. The van der Waals surface area contributed by atoms with Crippen molar-refractivity contribution in [3.8, 4) is 5.75 Å². The van der Waals surface area contributed by atoms with Crippen LogP contribution in [0.3, 0.4) is 0 Å². The average molecular weight is 447 g/mol. The van der Waals surface area contributed by atoms with Crippen LogP contribution >= 0.6 is 0 Å². The van der Waals surface area contributed by atoms with Crippen LogP contribution in [0.25, 0.3) is 5.57 Å². The van der Waals surface area contributed by atoms with E-state index in [0.717, 1.165) is 37.0 Å². The number of hydrogen-bond acceptors (Lipinski definition) is 5. The molecule has 0 spiro atoms. The average Bonchev–Trinajstić information content (AvgIpc) is 3.45. The highest BCUT2D eigenvalue weighted by Crippen LogP contribution is 2.35. The van der Waals surface area contributed by atoms with Gasteiger partial charge in [0, 0.05) is 19.7 Å². The number of hydrogen-bond donors (Lipinski definition) is 0. The number of ether oxygens (including phenoxy) is 2. The number of nitrogens with zero attached hydrogens (tertiary/aromatic N) is 2. The first-order valence-electron chi connectivity index (χ1n) is 11.9. The Morgan fingerprint density at radius 1 is 1.03 bits per heavy atom. The monoisotopic (exact) mass is 446 g/mol. The van der Waals surface area contributed by atoms with Crippen LogP contribution in [0.5, 0.6) is 5.75 Å². The van der Waals surface area contributed by atoms with Crippen molar-refractivity contribution >= 4 is 17.4 Å². The molecule has 3 aliphatic heterocycles. The molecule has 6 heteroatoms. The molecule has 2 aromatic rings. The predicted octanol–water partition coefficient (Wildman–Crippen LogP) is 3.79. The maximum absolute atomic E-state index is 13.6. The van der Waals surface area contributed by atoms with E-state index < -0.39 is 0 Å². The van der Waals surface area contributed by atoms with E-state index in [1.165, 1.54) is 16.0 Å². The Kier molecular flexibility index (Phi) is 6.18. The number of fused-ring (bicyclic) bond motifs is 1. The van der Waals surface area contributed by atoms with Crippen LogP contribution in [0.4, 0.5) is 0 Å². The molecule has 0 aromatic heterocycles. The number of imide groups is 1. The second-order valence-corrected chi connectivity index (χ2v) is 8.89. The molecular weight excluding hydrogens is 416 g/mol. The van der Waals surface area contributed by atoms with Crippen LogP contribution in [-0.2, 0) is 27.3 Å². The maximum atomic E-state index is 13.6. The molecule has 3 aliphatic rings. The first-order chi connectivity index (χ1) is 16.2. The van der Waals surface area contributed by atoms with E-state index in [2.05, 4.69) is 30.0 Å². The fourth-order valence-electron chi connectivity index (χ4n) is 4.90. The molecule has 1 unspecified atom stereocenters. The van der Waals surface area contributed by atoms with Gasteiger partial charge in [-0.15, -0.1) is 0 Å². The van der Waals surface area contributed by atoms with Crippen molar-refractivity contribution in [3.63, 3.8) is 0 Å². The predicted molar refractivity (Wildman–Crippen MR) is 125 cm³/mol. The van der Waals surface area contributed by atoms with Gasteiger partial charge in [0.05, 0.1) is 24.8 Å². The van der Waals surface area contributed by atoms with Gasteiger partial charge in [0.1, 0.15) is 11.4 Å². The van der Waals surface area contributed by atoms with Gasteiger partial charge in [-0.25, -0.2) is 0 Å². The van der Waals surface area contributed by atoms with Crippen LogP contribution in [0.2, 0.25) is 0 Å². The van der Waals surface area contributed by atoms with E-state index in [1.807, 2.05) is 30.3 Å². The standard InChI is InChI=1S/C27H30N2O4/c1-2-15-32-22-11-9-20(10-12-22)24-25(28-14-13-19-6-3-4-7-21(19)17-28)27(31)29(26(24)30)18-23-8-5-16-33-23/h3-4,6-7,9-12,23H,2,5,8,13-18H2,1H3. The van der Waals surface area contributed by atoms with Gasteiger partial charge in [-0.1, -0.05) is 43.3 Å². The third-order valence-electron chi connectivity index (χ3n) is 6.62. The largest absolute Gasteiger partial charge is 0.494 e. The normalized spacial score (nSPS) is 20.6. The summed E-state index contributed by atoms with van der Waals surface area (Å²) >= 11 is 0. The molecule has 5 rings (SSSR count). The number of benzene rings is 2. The van der Waals surface area contributed by atoms with E-state index in [1.54, 1.807) is 0 Å². The zero-order chi connectivity index (χ0) is 22.8. The van der Waals surface area contributed by atoms with Crippen LogP contribution in [0, 0.1) is 0 Å². The van der Waals surface area contributed by atoms with Crippen LogP contribution < -0.4 is 4.74 Å². The van der Waals surface area contributed by atoms with Gasteiger partial charge in [0.25, 0.3) is 11.8 Å². The molecule has 172 valence electrons. The van der Waals surface area contributed by atoms with E-state index in [0.29, 0.717) is 44.1 Å². The summed E-state index contributed by atoms with van der Waals surface area (Å²) in [5.74, 6) is 0.324. The highest BCUT2D eigenvalue weighted by molar-refractivity contribution is 6.35. The molecular formula is C27H30N2O4. The highest BCUT2D eigenvalue weighted by atomic mass is 16.5. The molecule has 2 amide bonds. The maximum Gasteiger partial charge on any atom is 0.277 e. The molecule has 33 heavy (non-hydrogen) atoms. The third kappa shape index (κ3) is 4.27. The summed E-state index contributed by atoms with van der Waals surface area (Å²) in [7, 11) is 0. The lowest BCUT2D eigenvalue weighted by atomic mass is 9.98. The summed E-state index contributed by atoms with van der Waals surface area (Å²) in [6.45, 7) is 5.05. The zero-order valence-electron chi connectivity index (χ0n) is 19.1. The highest BCUT2D eigenvalue weighted by Gasteiger charge is 2.43. The summed E-state index contributed by atoms with van der Waals surface area (Å²) in [6.07, 6.45) is 3.55. The van der Waals surface area contributed by atoms with Gasteiger partial charge in [0.2, 0.25) is 0 Å². The molecule has 0 aliphatic carbocycles. The summed E-state index contributed by atoms with van der Waals surface area (Å²) in [6, 6.07) is 15.9. The first-order valence-corrected chi connectivity index (χ1v) is 11.9. The fraction of sp³-hybridized carbons (Fsp3) is 0.407. The Labute approximate surface area is 194 Å². The van der Waals surface area contributed by atoms with Crippen molar-refractivity contribution < 1.29 is 19.1 Å². The topological polar surface area (TPSA) is 59.1 Å². The molecule has 0 N–H and O–H groups in total. The molecule has 6 nitrogen and oxygen atoms in total. The van der Waals surface area contributed by atoms with Crippen LogP contribution in [-0.4, -0.2) is 54.0 Å². The van der Waals surface area contributed by atoms with Crippen molar-refractivity contribution in [3.05, 3.63) is 70.9 Å². The minimum Gasteiger partial charge on any atom is -0.494 e. The third-order valence-corrected chi connectivity index (χ3v) is 6.62. The summed E-state index contributed by atoms with van der Waals surface area (Å²) < 4.78 is 11.4. The summed E-state index contributed by atoms with van der Waals surface area (Å²) in [5.41, 5.74) is 4.26. The van der Waals surface area contributed by atoms with Crippen LogP contribution in [0.1, 0.15) is 42.9 Å². The van der Waals surface area contributed by atoms with Crippen LogP contribution in [0.15, 0.2) is 54.2 Å². The minimum atomic E-state index is -0.230. The summed E-state index contributed by atoms with van der Waals surface area (Å²) in [5, 5.41) is 0. The number of carbonyl (C=O) groups excluding carboxylic acids is 2. The fourth-order valence-corrected chi connectivity index (χ4v) is 4.90. The van der Waals surface area contributed by atoms with Gasteiger partial charge in [-0.3, -0.25) is 14.5 Å². The van der Waals surface area contributed by atoms with Crippen molar-refractivity contribution in [1.82, 2.24) is 9.80 Å². The van der Waals surface area contributed by atoms with E-state index in [4.69, 9.17) is 9.47 Å². The van der Waals surface area contributed by atoms with Gasteiger partial charge >= 0.3 is 0 Å². The van der Waals surface area contributed by atoms with Gasteiger partial charge < -0.3 is 14.4 Å². The quantitative estimate of drug-likeness (QED) is 0.606. The lowest BCUT2D eigenvalue weighted by molar-refractivity contribution is -0.139. The van der Waals surface area contributed by atoms with E-state index >= 15 is 0 Å². The smallest absolute Gasteiger partial charge is 0.277 e. The number of carbonyl (C=O) groups is 2.